The monoisotopic (exact) mass is 387 g/mol. The van der Waals surface area contributed by atoms with Gasteiger partial charge < -0.3 is 10.1 Å². The molecule has 1 N–H and O–H groups in total. The molecule has 0 bridgehead atoms. The van der Waals surface area contributed by atoms with Crippen LogP contribution in [0.2, 0.25) is 0 Å². The number of aromatic nitrogens is 1. The van der Waals surface area contributed by atoms with Crippen LogP contribution in [0.5, 0.6) is 0 Å². The molecule has 7 nitrogen and oxygen atoms in total. The molecule has 1 aromatic heterocycles. The van der Waals surface area contributed by atoms with E-state index in [9.17, 15) is 14.9 Å². The lowest BCUT2D eigenvalue weighted by Gasteiger charge is -2.15. The molecular weight excluding hydrogens is 370 g/mol. The Balaban J connectivity index is 1.93. The number of nitro groups is 1. The number of nitrogens with zero attached hydrogens (tertiary/aromatic N) is 2. The summed E-state index contributed by atoms with van der Waals surface area (Å²) in [5.41, 5.74) is 1.94. The predicted molar refractivity (Wildman–Crippen MR) is 112 cm³/mol. The predicted octanol–water partition coefficient (Wildman–Crippen LogP) is 5.22. The van der Waals surface area contributed by atoms with Crippen LogP contribution >= 0.6 is 0 Å². The molecule has 4 aromatic rings. The zero-order valence-electron chi connectivity index (χ0n) is 15.6. The van der Waals surface area contributed by atoms with E-state index in [4.69, 9.17) is 4.74 Å². The Morgan fingerprint density at radius 2 is 1.93 bits per heavy atom. The maximum Gasteiger partial charge on any atom is 0.341 e. The van der Waals surface area contributed by atoms with Crippen molar-refractivity contribution >= 4 is 44.7 Å². The number of rotatable bonds is 5. The second-order valence-electron chi connectivity index (χ2n) is 6.38. The van der Waals surface area contributed by atoms with Crippen molar-refractivity contribution in [2.45, 2.75) is 6.92 Å². The Hall–Kier alpha value is -4.00. The van der Waals surface area contributed by atoms with Crippen molar-refractivity contribution in [3.8, 4) is 0 Å². The molecule has 0 aliphatic heterocycles. The molecule has 29 heavy (non-hydrogen) atoms. The van der Waals surface area contributed by atoms with E-state index in [0.29, 0.717) is 11.4 Å². The summed E-state index contributed by atoms with van der Waals surface area (Å²) in [4.78, 5) is 27.7. The van der Waals surface area contributed by atoms with Crippen molar-refractivity contribution in [1.82, 2.24) is 4.98 Å². The van der Waals surface area contributed by atoms with E-state index >= 15 is 0 Å². The van der Waals surface area contributed by atoms with Crippen molar-refractivity contribution in [1.29, 1.82) is 0 Å². The zero-order chi connectivity index (χ0) is 20.4. The smallest absolute Gasteiger partial charge is 0.341 e. The van der Waals surface area contributed by atoms with E-state index < -0.39 is 10.9 Å². The average molecular weight is 387 g/mol. The molecule has 0 saturated heterocycles. The fraction of sp³-hybridized carbons (Fsp3) is 0.0909. The van der Waals surface area contributed by atoms with Crippen LogP contribution in [0.25, 0.3) is 21.7 Å². The third kappa shape index (κ3) is 3.45. The van der Waals surface area contributed by atoms with E-state index in [1.165, 1.54) is 18.3 Å². The van der Waals surface area contributed by atoms with Crippen LogP contribution in [0.15, 0.2) is 66.9 Å². The molecule has 0 amide bonds. The molecule has 0 fully saturated rings. The molecule has 0 saturated carbocycles. The summed E-state index contributed by atoms with van der Waals surface area (Å²) < 4.78 is 5.18. The number of ether oxygens (including phenoxy) is 1. The molecule has 0 atom stereocenters. The number of benzene rings is 3. The van der Waals surface area contributed by atoms with Crippen molar-refractivity contribution in [3.05, 3.63) is 82.5 Å². The fourth-order valence-corrected chi connectivity index (χ4v) is 3.27. The molecule has 0 unspecified atom stereocenters. The first-order chi connectivity index (χ1) is 14.1. The van der Waals surface area contributed by atoms with Crippen LogP contribution in [0.3, 0.4) is 0 Å². The van der Waals surface area contributed by atoms with E-state index in [0.717, 1.165) is 21.7 Å². The second kappa shape index (κ2) is 7.55. The number of fused-ring (bicyclic) bond motifs is 3. The van der Waals surface area contributed by atoms with Crippen LogP contribution in [0, 0.1) is 10.1 Å². The molecule has 3 aromatic carbocycles. The van der Waals surface area contributed by atoms with E-state index in [2.05, 4.69) is 10.3 Å². The lowest BCUT2D eigenvalue weighted by Crippen LogP contribution is -2.09. The van der Waals surface area contributed by atoms with Gasteiger partial charge in [-0.3, -0.25) is 15.1 Å². The molecular formula is C22H17N3O4. The minimum atomic E-state index is -0.511. The van der Waals surface area contributed by atoms with Gasteiger partial charge in [0.2, 0.25) is 0 Å². The Kier molecular flexibility index (Phi) is 4.78. The van der Waals surface area contributed by atoms with Gasteiger partial charge in [0.05, 0.1) is 22.7 Å². The zero-order valence-corrected chi connectivity index (χ0v) is 15.6. The number of esters is 1. The first-order valence-electron chi connectivity index (χ1n) is 9.07. The molecule has 4 rings (SSSR count). The largest absolute Gasteiger partial charge is 0.462 e. The van der Waals surface area contributed by atoms with Crippen LogP contribution in [0.4, 0.5) is 17.1 Å². The number of pyridine rings is 1. The van der Waals surface area contributed by atoms with Gasteiger partial charge >= 0.3 is 5.97 Å². The highest BCUT2D eigenvalue weighted by Gasteiger charge is 2.18. The highest BCUT2D eigenvalue weighted by molar-refractivity contribution is 6.13. The van der Waals surface area contributed by atoms with E-state index in [1.807, 2.05) is 36.4 Å². The summed E-state index contributed by atoms with van der Waals surface area (Å²) in [6.45, 7) is 1.96. The summed E-state index contributed by atoms with van der Waals surface area (Å²) >= 11 is 0. The number of hydrogen-bond donors (Lipinski definition) is 1. The van der Waals surface area contributed by atoms with Crippen LogP contribution in [-0.2, 0) is 4.74 Å². The minimum Gasteiger partial charge on any atom is -0.462 e. The maximum atomic E-state index is 12.5. The van der Waals surface area contributed by atoms with Gasteiger partial charge in [0.25, 0.3) is 5.69 Å². The third-order valence-electron chi connectivity index (χ3n) is 4.58. The number of nitro benzene ring substituents is 1. The fourth-order valence-electron chi connectivity index (χ4n) is 3.27. The van der Waals surface area contributed by atoms with Gasteiger partial charge in [-0.05, 0) is 18.4 Å². The summed E-state index contributed by atoms with van der Waals surface area (Å²) in [6, 6.07) is 17.8. The molecule has 0 spiro atoms. The average Bonchev–Trinajstić information content (AvgIpc) is 2.74. The lowest BCUT2D eigenvalue weighted by atomic mass is 10.0. The van der Waals surface area contributed by atoms with Gasteiger partial charge in [-0.2, -0.15) is 0 Å². The van der Waals surface area contributed by atoms with Gasteiger partial charge in [0.1, 0.15) is 5.56 Å². The summed E-state index contributed by atoms with van der Waals surface area (Å²) in [5.74, 6) is -0.511. The number of carbonyl (C=O) groups is 1. The van der Waals surface area contributed by atoms with Crippen molar-refractivity contribution in [2.24, 2.45) is 0 Å². The molecule has 7 heteroatoms. The van der Waals surface area contributed by atoms with E-state index in [-0.39, 0.29) is 17.9 Å². The quantitative estimate of drug-likeness (QED) is 0.218. The third-order valence-corrected chi connectivity index (χ3v) is 4.58. The maximum absolute atomic E-state index is 12.5. The van der Waals surface area contributed by atoms with Crippen LogP contribution < -0.4 is 5.32 Å². The van der Waals surface area contributed by atoms with Gasteiger partial charge in [0, 0.05) is 34.8 Å². The Bertz CT molecular complexity index is 1250. The van der Waals surface area contributed by atoms with Crippen LogP contribution in [0.1, 0.15) is 17.3 Å². The molecule has 1 heterocycles. The molecule has 0 aliphatic rings. The molecule has 0 aliphatic carbocycles. The van der Waals surface area contributed by atoms with Gasteiger partial charge in [0.15, 0.2) is 0 Å². The lowest BCUT2D eigenvalue weighted by molar-refractivity contribution is -0.384. The first kappa shape index (κ1) is 18.4. The Morgan fingerprint density at radius 1 is 1.10 bits per heavy atom. The van der Waals surface area contributed by atoms with Gasteiger partial charge in [-0.25, -0.2) is 4.79 Å². The topological polar surface area (TPSA) is 94.4 Å². The minimum absolute atomic E-state index is 0.0449. The first-order valence-corrected chi connectivity index (χ1v) is 9.07. The standard InChI is InChI=1S/C22H17N3O4/c1-2-29-22(26)19-13-23-20-17-9-4-3-6-14(17)10-11-18(20)21(19)24-15-7-5-8-16(12-15)25(27)28/h3-13H,2H2,1H3,(H,23,24). The van der Waals surface area contributed by atoms with E-state index in [1.54, 1.807) is 19.1 Å². The number of hydrogen-bond acceptors (Lipinski definition) is 6. The van der Waals surface area contributed by atoms with Crippen molar-refractivity contribution in [3.63, 3.8) is 0 Å². The Labute approximate surface area is 166 Å². The van der Waals surface area contributed by atoms with Crippen molar-refractivity contribution in [2.75, 3.05) is 11.9 Å². The normalized spacial score (nSPS) is 10.8. The highest BCUT2D eigenvalue weighted by Crippen LogP contribution is 2.34. The number of non-ortho nitro benzene ring substituents is 1. The van der Waals surface area contributed by atoms with Gasteiger partial charge in [-0.15, -0.1) is 0 Å². The van der Waals surface area contributed by atoms with Gasteiger partial charge in [-0.1, -0.05) is 42.5 Å². The summed E-state index contributed by atoms with van der Waals surface area (Å²) in [6.07, 6.45) is 1.48. The summed E-state index contributed by atoms with van der Waals surface area (Å²) in [5, 5.41) is 17.0. The highest BCUT2D eigenvalue weighted by atomic mass is 16.6. The summed E-state index contributed by atoms with van der Waals surface area (Å²) in [7, 11) is 0. The number of anilines is 2. The van der Waals surface area contributed by atoms with Crippen molar-refractivity contribution < 1.29 is 14.5 Å². The molecule has 144 valence electrons. The SMILES string of the molecule is CCOC(=O)c1cnc2c(ccc3ccccc32)c1Nc1cccc([N+](=O)[O-])c1. The number of nitrogens with one attached hydrogen (secondary N) is 1. The Morgan fingerprint density at radius 3 is 2.72 bits per heavy atom. The number of carbonyl (C=O) groups excluding carboxylic acids is 1. The van der Waals surface area contributed by atoms with Crippen LogP contribution in [-0.4, -0.2) is 22.5 Å². The second-order valence-corrected chi connectivity index (χ2v) is 6.38. The molecule has 0 radical (unpaired) electrons.